The third-order valence-electron chi connectivity index (χ3n) is 3.67. The molecule has 2 rings (SSSR count). The number of hydrogen-bond donors (Lipinski definition) is 2. The van der Waals surface area contributed by atoms with Gasteiger partial charge in [-0.2, -0.15) is 0 Å². The molecule has 0 radical (unpaired) electrons. The number of benzene rings is 2. The summed E-state index contributed by atoms with van der Waals surface area (Å²) in [5, 5.41) is 6.56. The Hall–Kier alpha value is -2.89. The molecule has 0 spiro atoms. The normalized spacial score (nSPS) is 11.0. The number of aliphatic imine (C=N–C) groups is 1. The van der Waals surface area contributed by atoms with E-state index in [0.717, 1.165) is 17.0 Å². The maximum absolute atomic E-state index is 5.66. The van der Waals surface area contributed by atoms with Gasteiger partial charge in [-0.25, -0.2) is 0 Å². The quantitative estimate of drug-likeness (QED) is 0.557. The van der Waals surface area contributed by atoms with Gasteiger partial charge in [0.05, 0.1) is 20.3 Å². The highest BCUT2D eigenvalue weighted by Crippen LogP contribution is 2.30. The molecule has 2 aromatic rings. The van der Waals surface area contributed by atoms with Crippen molar-refractivity contribution in [2.45, 2.75) is 20.4 Å². The molecule has 0 bridgehead atoms. The lowest BCUT2D eigenvalue weighted by atomic mass is 10.2. The van der Waals surface area contributed by atoms with E-state index in [9.17, 15) is 0 Å². The summed E-state index contributed by atoms with van der Waals surface area (Å²) in [6.07, 6.45) is 0. The van der Waals surface area contributed by atoms with Gasteiger partial charge in [-0.3, -0.25) is 4.99 Å². The molecular weight excluding hydrogens is 330 g/mol. The van der Waals surface area contributed by atoms with E-state index in [0.29, 0.717) is 37.2 Å². The molecule has 0 heterocycles. The van der Waals surface area contributed by atoms with Crippen molar-refractivity contribution in [3.05, 3.63) is 48.0 Å². The van der Waals surface area contributed by atoms with Crippen molar-refractivity contribution in [3.63, 3.8) is 0 Å². The Kier molecular flexibility index (Phi) is 7.61. The summed E-state index contributed by atoms with van der Waals surface area (Å²) < 4.78 is 16.6. The number of anilines is 1. The summed E-state index contributed by atoms with van der Waals surface area (Å²) >= 11 is 0. The minimum atomic E-state index is 0.570. The summed E-state index contributed by atoms with van der Waals surface area (Å²) in [7, 11) is 3.36. The molecule has 140 valence electrons. The smallest absolute Gasteiger partial charge is 0.195 e. The lowest BCUT2D eigenvalue weighted by Gasteiger charge is -2.16. The minimum Gasteiger partial charge on any atom is -0.494 e. The largest absolute Gasteiger partial charge is 0.494 e. The summed E-state index contributed by atoms with van der Waals surface area (Å²) in [5.74, 6) is 2.92. The lowest BCUT2D eigenvalue weighted by molar-refractivity contribution is 0.311. The SMILES string of the molecule is CCOc1ccccc1CNC(=NC)Nc1ccc(OC)c(OCC)c1. The summed E-state index contributed by atoms with van der Waals surface area (Å²) in [4.78, 5) is 4.27. The van der Waals surface area contributed by atoms with Crippen molar-refractivity contribution in [2.75, 3.05) is 32.7 Å². The molecule has 0 fully saturated rings. The van der Waals surface area contributed by atoms with Crippen LogP contribution in [0.5, 0.6) is 17.2 Å². The summed E-state index contributed by atoms with van der Waals surface area (Å²) in [5.41, 5.74) is 1.93. The van der Waals surface area contributed by atoms with Crippen LogP contribution in [0.3, 0.4) is 0 Å². The number of guanidine groups is 1. The molecule has 0 saturated heterocycles. The second-order valence-corrected chi connectivity index (χ2v) is 5.39. The number of nitrogens with zero attached hydrogens (tertiary/aromatic N) is 1. The molecule has 0 aromatic heterocycles. The van der Waals surface area contributed by atoms with Crippen LogP contribution < -0.4 is 24.8 Å². The van der Waals surface area contributed by atoms with Gasteiger partial charge in [-0.05, 0) is 32.0 Å². The summed E-state index contributed by atoms with van der Waals surface area (Å²) in [6.45, 7) is 5.72. The molecule has 26 heavy (non-hydrogen) atoms. The van der Waals surface area contributed by atoms with Crippen LogP contribution in [0.1, 0.15) is 19.4 Å². The third-order valence-corrected chi connectivity index (χ3v) is 3.67. The van der Waals surface area contributed by atoms with Gasteiger partial charge in [0.2, 0.25) is 0 Å². The number of methoxy groups -OCH3 is 1. The zero-order valence-corrected chi connectivity index (χ0v) is 15.8. The molecule has 0 aliphatic heterocycles. The van der Waals surface area contributed by atoms with Crippen molar-refractivity contribution in [2.24, 2.45) is 4.99 Å². The van der Waals surface area contributed by atoms with Crippen molar-refractivity contribution in [1.29, 1.82) is 0 Å². The van der Waals surface area contributed by atoms with Crippen LogP contribution in [-0.4, -0.2) is 33.3 Å². The highest BCUT2D eigenvalue weighted by atomic mass is 16.5. The number of nitrogens with one attached hydrogen (secondary N) is 2. The maximum Gasteiger partial charge on any atom is 0.195 e. The predicted molar refractivity (Wildman–Crippen MR) is 106 cm³/mol. The topological polar surface area (TPSA) is 64.1 Å². The van der Waals surface area contributed by atoms with Gasteiger partial charge in [-0.1, -0.05) is 18.2 Å². The second-order valence-electron chi connectivity index (χ2n) is 5.39. The number of ether oxygens (including phenoxy) is 3. The van der Waals surface area contributed by atoms with Gasteiger partial charge in [0.15, 0.2) is 17.5 Å². The van der Waals surface area contributed by atoms with Crippen LogP contribution in [0.15, 0.2) is 47.5 Å². The van der Waals surface area contributed by atoms with Gasteiger partial charge < -0.3 is 24.8 Å². The van der Waals surface area contributed by atoms with Crippen molar-refractivity contribution >= 4 is 11.6 Å². The zero-order chi connectivity index (χ0) is 18.8. The minimum absolute atomic E-state index is 0.570. The van der Waals surface area contributed by atoms with Gasteiger partial charge in [0.25, 0.3) is 0 Å². The first-order valence-corrected chi connectivity index (χ1v) is 8.71. The second kappa shape index (κ2) is 10.2. The van der Waals surface area contributed by atoms with E-state index in [1.165, 1.54) is 0 Å². The first kappa shape index (κ1) is 19.4. The molecule has 2 aromatic carbocycles. The molecule has 0 atom stereocenters. The average Bonchev–Trinajstić information content (AvgIpc) is 2.67. The molecule has 0 amide bonds. The Balaban J connectivity index is 2.05. The van der Waals surface area contributed by atoms with E-state index in [1.807, 2.05) is 56.3 Å². The molecule has 0 aliphatic carbocycles. The van der Waals surface area contributed by atoms with Gasteiger partial charge in [0, 0.05) is 30.9 Å². The predicted octanol–water partition coefficient (Wildman–Crippen LogP) is 3.68. The van der Waals surface area contributed by atoms with E-state index in [1.54, 1.807) is 14.2 Å². The van der Waals surface area contributed by atoms with Crippen molar-refractivity contribution < 1.29 is 14.2 Å². The number of para-hydroxylation sites is 1. The van der Waals surface area contributed by atoms with Crippen molar-refractivity contribution in [3.8, 4) is 17.2 Å². The van der Waals surface area contributed by atoms with Crippen LogP contribution in [0.4, 0.5) is 5.69 Å². The average molecular weight is 357 g/mol. The Morgan fingerprint density at radius 1 is 0.962 bits per heavy atom. The van der Waals surface area contributed by atoms with Crippen LogP contribution >= 0.6 is 0 Å². The fourth-order valence-electron chi connectivity index (χ4n) is 2.46. The number of hydrogen-bond acceptors (Lipinski definition) is 4. The van der Waals surface area contributed by atoms with Crippen LogP contribution in [0, 0.1) is 0 Å². The molecule has 0 unspecified atom stereocenters. The van der Waals surface area contributed by atoms with E-state index in [2.05, 4.69) is 15.6 Å². The van der Waals surface area contributed by atoms with E-state index in [4.69, 9.17) is 14.2 Å². The maximum atomic E-state index is 5.66. The molecular formula is C20H27N3O3. The van der Waals surface area contributed by atoms with Gasteiger partial charge >= 0.3 is 0 Å². The van der Waals surface area contributed by atoms with Crippen molar-refractivity contribution in [1.82, 2.24) is 5.32 Å². The molecule has 2 N–H and O–H groups in total. The molecule has 0 saturated carbocycles. The van der Waals surface area contributed by atoms with Crippen LogP contribution in [0.2, 0.25) is 0 Å². The van der Waals surface area contributed by atoms with E-state index in [-0.39, 0.29) is 0 Å². The first-order valence-electron chi connectivity index (χ1n) is 8.71. The highest BCUT2D eigenvalue weighted by molar-refractivity contribution is 5.93. The third kappa shape index (κ3) is 5.31. The van der Waals surface area contributed by atoms with E-state index < -0.39 is 0 Å². The Morgan fingerprint density at radius 3 is 2.38 bits per heavy atom. The van der Waals surface area contributed by atoms with Crippen LogP contribution in [-0.2, 0) is 6.54 Å². The fraction of sp³-hybridized carbons (Fsp3) is 0.350. The standard InChI is InChI=1S/C20H27N3O3/c1-5-25-17-10-8-7-9-15(17)14-22-20(21-3)23-16-11-12-18(24-4)19(13-16)26-6-2/h7-13H,5-6,14H2,1-4H3,(H2,21,22,23). The monoisotopic (exact) mass is 357 g/mol. The molecule has 6 heteroatoms. The Morgan fingerprint density at radius 2 is 1.69 bits per heavy atom. The van der Waals surface area contributed by atoms with Crippen LogP contribution in [0.25, 0.3) is 0 Å². The Labute approximate surface area is 155 Å². The zero-order valence-electron chi connectivity index (χ0n) is 15.8. The van der Waals surface area contributed by atoms with Gasteiger partial charge in [-0.15, -0.1) is 0 Å². The molecule has 6 nitrogen and oxygen atoms in total. The lowest BCUT2D eigenvalue weighted by Crippen LogP contribution is -2.30. The van der Waals surface area contributed by atoms with E-state index >= 15 is 0 Å². The Bertz CT molecular complexity index is 732. The number of rotatable bonds is 8. The molecule has 0 aliphatic rings. The first-order chi connectivity index (χ1) is 12.7. The fourth-order valence-corrected chi connectivity index (χ4v) is 2.46. The van der Waals surface area contributed by atoms with Gasteiger partial charge in [0.1, 0.15) is 5.75 Å². The summed E-state index contributed by atoms with van der Waals surface area (Å²) in [6, 6.07) is 13.6. The highest BCUT2D eigenvalue weighted by Gasteiger charge is 2.08.